The van der Waals surface area contributed by atoms with Crippen LogP contribution in [-0.4, -0.2) is 29.8 Å². The fourth-order valence-corrected chi connectivity index (χ4v) is 3.66. The average molecular weight is 389 g/mol. The molecule has 0 aliphatic heterocycles. The summed E-state index contributed by atoms with van der Waals surface area (Å²) in [6, 6.07) is 29.0. The van der Waals surface area contributed by atoms with Crippen molar-refractivity contribution in [2.75, 3.05) is 6.61 Å². The van der Waals surface area contributed by atoms with E-state index in [1.807, 2.05) is 91.0 Å². The van der Waals surface area contributed by atoms with E-state index in [-0.39, 0.29) is 6.61 Å². The number of aliphatic hydroxyl groups excluding tert-OH is 1. The van der Waals surface area contributed by atoms with Crippen LogP contribution in [0.25, 0.3) is 0 Å². The van der Waals surface area contributed by atoms with Crippen LogP contribution < -0.4 is 5.32 Å². The molecule has 0 radical (unpaired) electrons. The Balaban J connectivity index is 2.26. The van der Waals surface area contributed by atoms with E-state index in [1.54, 1.807) is 13.8 Å². The Hall–Kier alpha value is -2.95. The number of esters is 1. The molecule has 150 valence electrons. The van der Waals surface area contributed by atoms with Crippen molar-refractivity contribution in [2.24, 2.45) is 0 Å². The van der Waals surface area contributed by atoms with Crippen LogP contribution in [0.1, 0.15) is 30.5 Å². The summed E-state index contributed by atoms with van der Waals surface area (Å²) in [5.41, 5.74) is 2.05. The van der Waals surface area contributed by atoms with Crippen molar-refractivity contribution in [1.82, 2.24) is 5.32 Å². The second kappa shape index (κ2) is 9.50. The lowest BCUT2D eigenvalue weighted by atomic mass is 9.76. The van der Waals surface area contributed by atoms with Gasteiger partial charge in [-0.15, -0.1) is 0 Å². The molecule has 0 aliphatic carbocycles. The van der Waals surface area contributed by atoms with Crippen molar-refractivity contribution in [3.63, 3.8) is 0 Å². The topological polar surface area (TPSA) is 58.6 Å². The minimum Gasteiger partial charge on any atom is -0.465 e. The van der Waals surface area contributed by atoms with Crippen molar-refractivity contribution in [1.29, 1.82) is 0 Å². The van der Waals surface area contributed by atoms with Crippen LogP contribution in [0.3, 0.4) is 0 Å². The Labute approximate surface area is 172 Å². The van der Waals surface area contributed by atoms with Gasteiger partial charge in [-0.2, -0.15) is 0 Å². The van der Waals surface area contributed by atoms with Gasteiger partial charge in [-0.1, -0.05) is 91.0 Å². The maximum Gasteiger partial charge on any atom is 0.325 e. The van der Waals surface area contributed by atoms with Gasteiger partial charge in [0.05, 0.1) is 18.2 Å². The number of rotatable bonds is 8. The van der Waals surface area contributed by atoms with Crippen LogP contribution in [0.15, 0.2) is 91.0 Å². The molecule has 0 amide bonds. The molecule has 0 spiro atoms. The van der Waals surface area contributed by atoms with Gasteiger partial charge >= 0.3 is 5.97 Å². The predicted molar refractivity (Wildman–Crippen MR) is 114 cm³/mol. The molecule has 0 heterocycles. The van der Waals surface area contributed by atoms with Gasteiger partial charge in [0.1, 0.15) is 6.04 Å². The molecule has 3 aromatic rings. The molecule has 0 bridgehead atoms. The molecule has 29 heavy (non-hydrogen) atoms. The number of carbonyl (C=O) groups is 1. The monoisotopic (exact) mass is 389 g/mol. The van der Waals surface area contributed by atoms with Gasteiger partial charge in [0.15, 0.2) is 0 Å². The summed E-state index contributed by atoms with van der Waals surface area (Å²) in [6.07, 6.45) is -0.940. The SMILES string of the molecule is CCOC(=O)C(NC(c1ccccc1)(c1ccccc1)c1ccccc1)C(C)O. The Bertz CT molecular complexity index is 798. The average Bonchev–Trinajstić information content (AvgIpc) is 2.76. The first-order chi connectivity index (χ1) is 14.1. The van der Waals surface area contributed by atoms with E-state index in [1.165, 1.54) is 0 Å². The second-order valence-electron chi connectivity index (χ2n) is 6.96. The maximum absolute atomic E-state index is 12.7. The van der Waals surface area contributed by atoms with Crippen LogP contribution in [-0.2, 0) is 15.1 Å². The summed E-state index contributed by atoms with van der Waals surface area (Å²) in [7, 11) is 0. The van der Waals surface area contributed by atoms with Crippen LogP contribution in [0.5, 0.6) is 0 Å². The van der Waals surface area contributed by atoms with E-state index in [0.29, 0.717) is 0 Å². The minimum atomic E-state index is -0.940. The maximum atomic E-state index is 12.7. The van der Waals surface area contributed by atoms with Crippen molar-refractivity contribution in [3.8, 4) is 0 Å². The summed E-state index contributed by atoms with van der Waals surface area (Å²) in [5.74, 6) is -0.477. The van der Waals surface area contributed by atoms with Gasteiger partial charge in [0.25, 0.3) is 0 Å². The molecule has 0 saturated heterocycles. The molecule has 4 nitrogen and oxygen atoms in total. The minimum absolute atomic E-state index is 0.249. The number of benzene rings is 3. The van der Waals surface area contributed by atoms with E-state index in [4.69, 9.17) is 4.74 Å². The number of hydrogen-bond donors (Lipinski definition) is 2. The fraction of sp³-hybridized carbons (Fsp3) is 0.240. The third-order valence-electron chi connectivity index (χ3n) is 5.02. The molecule has 2 atom stereocenters. The molecule has 4 heteroatoms. The standard InChI is InChI=1S/C25H27NO3/c1-3-29-24(28)23(19(2)27)26-25(20-13-7-4-8-14-20,21-15-9-5-10-16-21)22-17-11-6-12-18-22/h4-19,23,26-27H,3H2,1-2H3. The first-order valence-electron chi connectivity index (χ1n) is 9.88. The van der Waals surface area contributed by atoms with Crippen LogP contribution in [0.2, 0.25) is 0 Å². The molecule has 3 rings (SSSR count). The third-order valence-corrected chi connectivity index (χ3v) is 5.02. The van der Waals surface area contributed by atoms with Gasteiger partial charge < -0.3 is 9.84 Å². The highest BCUT2D eigenvalue weighted by Gasteiger charge is 2.41. The van der Waals surface area contributed by atoms with Gasteiger partial charge in [-0.05, 0) is 30.5 Å². The number of aliphatic hydroxyl groups is 1. The van der Waals surface area contributed by atoms with Crippen LogP contribution >= 0.6 is 0 Å². The van der Waals surface area contributed by atoms with Crippen molar-refractivity contribution < 1.29 is 14.6 Å². The largest absolute Gasteiger partial charge is 0.465 e. The van der Waals surface area contributed by atoms with Crippen molar-refractivity contribution in [2.45, 2.75) is 31.5 Å². The zero-order chi connectivity index (χ0) is 20.7. The third kappa shape index (κ3) is 4.39. The van der Waals surface area contributed by atoms with Gasteiger partial charge in [0, 0.05) is 0 Å². The fourth-order valence-electron chi connectivity index (χ4n) is 3.66. The zero-order valence-electron chi connectivity index (χ0n) is 16.8. The Kier molecular flexibility index (Phi) is 6.81. The molecule has 0 aliphatic rings. The van der Waals surface area contributed by atoms with Gasteiger partial charge in [-0.25, -0.2) is 0 Å². The summed E-state index contributed by atoms with van der Waals surface area (Å²) in [4.78, 5) is 12.7. The first kappa shape index (κ1) is 20.8. The summed E-state index contributed by atoms with van der Waals surface area (Å²) in [5, 5.41) is 13.9. The van der Waals surface area contributed by atoms with Crippen molar-refractivity contribution in [3.05, 3.63) is 108 Å². The highest BCUT2D eigenvalue weighted by molar-refractivity contribution is 5.77. The van der Waals surface area contributed by atoms with Crippen LogP contribution in [0, 0.1) is 0 Å². The van der Waals surface area contributed by atoms with E-state index in [0.717, 1.165) is 16.7 Å². The summed E-state index contributed by atoms with van der Waals surface area (Å²) in [6.45, 7) is 3.61. The molecular weight excluding hydrogens is 362 g/mol. The predicted octanol–water partition coefficient (Wildman–Crippen LogP) is 3.88. The zero-order valence-corrected chi connectivity index (χ0v) is 16.8. The summed E-state index contributed by atoms with van der Waals surface area (Å²) >= 11 is 0. The molecule has 2 unspecified atom stereocenters. The lowest BCUT2D eigenvalue weighted by molar-refractivity contribution is -0.149. The van der Waals surface area contributed by atoms with E-state index in [9.17, 15) is 9.90 Å². The second-order valence-corrected chi connectivity index (χ2v) is 6.96. The molecule has 0 aromatic heterocycles. The Morgan fingerprint density at radius 1 is 0.862 bits per heavy atom. The number of ether oxygens (including phenoxy) is 1. The quantitative estimate of drug-likeness (QED) is 0.453. The molecule has 3 aromatic carbocycles. The smallest absolute Gasteiger partial charge is 0.325 e. The highest BCUT2D eigenvalue weighted by Crippen LogP contribution is 2.37. The van der Waals surface area contributed by atoms with E-state index < -0.39 is 23.7 Å². The Morgan fingerprint density at radius 2 is 1.24 bits per heavy atom. The molecule has 2 N–H and O–H groups in total. The van der Waals surface area contributed by atoms with Gasteiger partial charge in [-0.3, -0.25) is 10.1 Å². The number of nitrogens with one attached hydrogen (secondary N) is 1. The Morgan fingerprint density at radius 3 is 1.55 bits per heavy atom. The summed E-state index contributed by atoms with van der Waals surface area (Å²) < 4.78 is 5.26. The van der Waals surface area contributed by atoms with Gasteiger partial charge in [0.2, 0.25) is 0 Å². The first-order valence-corrected chi connectivity index (χ1v) is 9.88. The molecule has 0 saturated carbocycles. The van der Waals surface area contributed by atoms with E-state index in [2.05, 4.69) is 5.32 Å². The lowest BCUT2D eigenvalue weighted by Gasteiger charge is -2.40. The number of hydrogen-bond acceptors (Lipinski definition) is 4. The molecular formula is C25H27NO3. The normalized spacial score (nSPS) is 13.5. The molecule has 0 fully saturated rings. The highest BCUT2D eigenvalue weighted by atomic mass is 16.5. The van der Waals surface area contributed by atoms with Crippen LogP contribution in [0.4, 0.5) is 0 Å². The lowest BCUT2D eigenvalue weighted by Crippen LogP contribution is -2.56. The van der Waals surface area contributed by atoms with Crippen molar-refractivity contribution >= 4 is 5.97 Å². The number of carbonyl (C=O) groups excluding carboxylic acids is 1. The van der Waals surface area contributed by atoms with E-state index >= 15 is 0 Å².